The predicted octanol–water partition coefficient (Wildman–Crippen LogP) is 0.247. The molecule has 0 aliphatic rings. The van der Waals surface area contributed by atoms with Crippen molar-refractivity contribution in [1.29, 1.82) is 0 Å². The molecular weight excluding hydrogens is 180 g/mol. The number of aliphatic hydroxyl groups excluding tert-OH is 1. The Morgan fingerprint density at radius 1 is 1.50 bits per heavy atom. The number of nitrogens with two attached hydrogens (primary N) is 1. The number of amides is 1. The van der Waals surface area contributed by atoms with Crippen LogP contribution in [0.25, 0.3) is 0 Å². The van der Waals surface area contributed by atoms with Crippen molar-refractivity contribution in [3.05, 3.63) is 0 Å². The largest absolute Gasteiger partial charge is 0.393 e. The van der Waals surface area contributed by atoms with Crippen molar-refractivity contribution in [3.8, 4) is 0 Å². The SMILES string of the molecule is CC(O)CC(C)NC(=O)C(C)(C)CN. The third-order valence-electron chi connectivity index (χ3n) is 2.20. The molecule has 0 aliphatic carbocycles. The number of carbonyl (C=O) groups is 1. The average molecular weight is 202 g/mol. The van der Waals surface area contributed by atoms with Crippen LogP contribution in [0.3, 0.4) is 0 Å². The van der Waals surface area contributed by atoms with Gasteiger partial charge in [0.25, 0.3) is 0 Å². The molecule has 14 heavy (non-hydrogen) atoms. The van der Waals surface area contributed by atoms with Gasteiger partial charge >= 0.3 is 0 Å². The molecular formula is C10H22N2O2. The topological polar surface area (TPSA) is 75.3 Å². The van der Waals surface area contributed by atoms with Crippen LogP contribution in [0.15, 0.2) is 0 Å². The van der Waals surface area contributed by atoms with Gasteiger partial charge in [-0.25, -0.2) is 0 Å². The van der Waals surface area contributed by atoms with E-state index in [0.29, 0.717) is 13.0 Å². The number of nitrogens with one attached hydrogen (secondary N) is 1. The smallest absolute Gasteiger partial charge is 0.227 e. The van der Waals surface area contributed by atoms with Gasteiger partial charge in [-0.05, 0) is 34.1 Å². The summed E-state index contributed by atoms with van der Waals surface area (Å²) in [7, 11) is 0. The Bertz CT molecular complexity index is 191. The predicted molar refractivity (Wildman–Crippen MR) is 56.7 cm³/mol. The number of carbonyl (C=O) groups excluding carboxylic acids is 1. The fourth-order valence-electron chi connectivity index (χ4n) is 1.08. The number of rotatable bonds is 5. The molecule has 0 aromatic heterocycles. The van der Waals surface area contributed by atoms with Crippen LogP contribution in [0.4, 0.5) is 0 Å². The molecule has 0 fully saturated rings. The summed E-state index contributed by atoms with van der Waals surface area (Å²) in [4.78, 5) is 11.6. The van der Waals surface area contributed by atoms with Crippen molar-refractivity contribution >= 4 is 5.91 Å². The van der Waals surface area contributed by atoms with Crippen molar-refractivity contribution in [2.45, 2.75) is 46.3 Å². The first-order valence-corrected chi connectivity index (χ1v) is 4.98. The Morgan fingerprint density at radius 2 is 2.00 bits per heavy atom. The second kappa shape index (κ2) is 5.32. The third kappa shape index (κ3) is 4.58. The van der Waals surface area contributed by atoms with E-state index >= 15 is 0 Å². The molecule has 0 bridgehead atoms. The summed E-state index contributed by atoms with van der Waals surface area (Å²) >= 11 is 0. The number of hydrogen-bond donors (Lipinski definition) is 3. The van der Waals surface area contributed by atoms with Crippen molar-refractivity contribution in [3.63, 3.8) is 0 Å². The quantitative estimate of drug-likeness (QED) is 0.598. The fourth-order valence-corrected chi connectivity index (χ4v) is 1.08. The Morgan fingerprint density at radius 3 is 2.36 bits per heavy atom. The van der Waals surface area contributed by atoms with Crippen LogP contribution in [0.1, 0.15) is 34.1 Å². The minimum atomic E-state index is -0.535. The Balaban J connectivity index is 4.06. The van der Waals surface area contributed by atoms with Crippen LogP contribution >= 0.6 is 0 Å². The Kier molecular flexibility index (Phi) is 5.08. The zero-order chi connectivity index (χ0) is 11.4. The lowest BCUT2D eigenvalue weighted by Crippen LogP contribution is -2.45. The van der Waals surface area contributed by atoms with E-state index < -0.39 is 11.5 Å². The summed E-state index contributed by atoms with van der Waals surface area (Å²) in [5, 5.41) is 11.9. The van der Waals surface area contributed by atoms with Crippen LogP contribution in [0.2, 0.25) is 0 Å². The molecule has 0 heterocycles. The van der Waals surface area contributed by atoms with Gasteiger partial charge in [0.1, 0.15) is 0 Å². The molecule has 2 atom stereocenters. The van der Waals surface area contributed by atoms with Crippen molar-refractivity contribution in [1.82, 2.24) is 5.32 Å². The Hall–Kier alpha value is -0.610. The molecule has 2 unspecified atom stereocenters. The monoisotopic (exact) mass is 202 g/mol. The first-order valence-electron chi connectivity index (χ1n) is 4.98. The van der Waals surface area contributed by atoms with Gasteiger partial charge in [-0.15, -0.1) is 0 Å². The van der Waals surface area contributed by atoms with Gasteiger partial charge in [0.15, 0.2) is 0 Å². The number of hydrogen-bond acceptors (Lipinski definition) is 3. The molecule has 0 aliphatic heterocycles. The zero-order valence-corrected chi connectivity index (χ0v) is 9.50. The molecule has 0 spiro atoms. The van der Waals surface area contributed by atoms with E-state index in [4.69, 9.17) is 10.8 Å². The van der Waals surface area contributed by atoms with E-state index in [2.05, 4.69) is 5.32 Å². The van der Waals surface area contributed by atoms with Gasteiger partial charge in [0, 0.05) is 12.6 Å². The van der Waals surface area contributed by atoms with Crippen molar-refractivity contribution < 1.29 is 9.90 Å². The van der Waals surface area contributed by atoms with Gasteiger partial charge in [0.05, 0.1) is 11.5 Å². The molecule has 0 radical (unpaired) electrons. The van der Waals surface area contributed by atoms with E-state index in [9.17, 15) is 4.79 Å². The first kappa shape index (κ1) is 13.4. The molecule has 0 aromatic rings. The highest BCUT2D eigenvalue weighted by molar-refractivity contribution is 5.82. The van der Waals surface area contributed by atoms with Crippen LogP contribution < -0.4 is 11.1 Å². The van der Waals surface area contributed by atoms with Gasteiger partial charge in [-0.3, -0.25) is 4.79 Å². The lowest BCUT2D eigenvalue weighted by molar-refractivity contribution is -0.129. The first-order chi connectivity index (χ1) is 6.29. The Labute approximate surface area is 85.9 Å². The maximum atomic E-state index is 11.6. The van der Waals surface area contributed by atoms with Crippen LogP contribution in [-0.2, 0) is 4.79 Å². The van der Waals surface area contributed by atoms with Crippen LogP contribution in [0, 0.1) is 5.41 Å². The summed E-state index contributed by atoms with van der Waals surface area (Å²) in [6.07, 6.45) is 0.165. The highest BCUT2D eigenvalue weighted by Gasteiger charge is 2.26. The van der Waals surface area contributed by atoms with Gasteiger partial charge in [-0.2, -0.15) is 0 Å². The summed E-state index contributed by atoms with van der Waals surface area (Å²) in [6, 6.07) is -0.0201. The summed E-state index contributed by atoms with van der Waals surface area (Å²) in [5.74, 6) is -0.0619. The van der Waals surface area contributed by atoms with Gasteiger partial charge < -0.3 is 16.2 Å². The van der Waals surface area contributed by atoms with E-state index in [-0.39, 0.29) is 11.9 Å². The fraction of sp³-hybridized carbons (Fsp3) is 0.900. The molecule has 1 amide bonds. The molecule has 4 heteroatoms. The second-order valence-corrected chi connectivity index (χ2v) is 4.55. The van der Waals surface area contributed by atoms with E-state index in [1.54, 1.807) is 20.8 Å². The second-order valence-electron chi connectivity index (χ2n) is 4.55. The minimum Gasteiger partial charge on any atom is -0.393 e. The molecule has 0 saturated heterocycles. The molecule has 0 aromatic carbocycles. The lowest BCUT2D eigenvalue weighted by atomic mass is 9.92. The average Bonchev–Trinajstić information content (AvgIpc) is 2.02. The van der Waals surface area contributed by atoms with Gasteiger partial charge in [-0.1, -0.05) is 0 Å². The summed E-state index contributed by atoms with van der Waals surface area (Å²) in [5.41, 5.74) is 4.94. The highest BCUT2D eigenvalue weighted by atomic mass is 16.3. The van der Waals surface area contributed by atoms with E-state index in [0.717, 1.165) is 0 Å². The molecule has 0 saturated carbocycles. The lowest BCUT2D eigenvalue weighted by Gasteiger charge is -2.24. The summed E-state index contributed by atoms with van der Waals surface area (Å²) in [6.45, 7) is 7.50. The minimum absolute atomic E-state index is 0.0201. The van der Waals surface area contributed by atoms with Gasteiger partial charge in [0.2, 0.25) is 5.91 Å². The molecule has 4 N–H and O–H groups in total. The standard InChI is InChI=1S/C10H22N2O2/c1-7(5-8(2)13)12-9(14)10(3,4)6-11/h7-8,13H,5-6,11H2,1-4H3,(H,12,14). The highest BCUT2D eigenvalue weighted by Crippen LogP contribution is 2.13. The maximum absolute atomic E-state index is 11.6. The molecule has 0 rings (SSSR count). The van der Waals surface area contributed by atoms with Crippen molar-refractivity contribution in [2.24, 2.45) is 11.1 Å². The maximum Gasteiger partial charge on any atom is 0.227 e. The van der Waals surface area contributed by atoms with Crippen LogP contribution in [-0.4, -0.2) is 29.7 Å². The number of aliphatic hydroxyl groups is 1. The molecule has 84 valence electrons. The van der Waals surface area contributed by atoms with E-state index in [1.807, 2.05) is 6.92 Å². The molecule has 4 nitrogen and oxygen atoms in total. The zero-order valence-electron chi connectivity index (χ0n) is 9.50. The van der Waals surface area contributed by atoms with E-state index in [1.165, 1.54) is 0 Å². The van der Waals surface area contributed by atoms with Crippen LogP contribution in [0.5, 0.6) is 0 Å². The normalized spacial score (nSPS) is 16.1. The van der Waals surface area contributed by atoms with Crippen molar-refractivity contribution in [2.75, 3.05) is 6.54 Å². The summed E-state index contributed by atoms with van der Waals surface area (Å²) < 4.78 is 0. The third-order valence-corrected chi connectivity index (χ3v) is 2.20.